The van der Waals surface area contributed by atoms with E-state index in [9.17, 15) is 9.59 Å². The summed E-state index contributed by atoms with van der Waals surface area (Å²) in [6.07, 6.45) is 5.76. The van der Waals surface area contributed by atoms with Crippen LogP contribution < -0.4 is 5.73 Å². The Morgan fingerprint density at radius 3 is 2.63 bits per heavy atom. The quantitative estimate of drug-likeness (QED) is 0.800. The minimum Gasteiger partial charge on any atom is -0.384 e. The molecule has 2 aliphatic rings. The van der Waals surface area contributed by atoms with E-state index in [1.165, 1.54) is 4.90 Å². The van der Waals surface area contributed by atoms with Crippen LogP contribution in [0.25, 0.3) is 0 Å². The number of imide groups is 1. The Morgan fingerprint density at radius 1 is 1.37 bits per heavy atom. The van der Waals surface area contributed by atoms with Crippen LogP contribution in [0.1, 0.15) is 37.7 Å². The summed E-state index contributed by atoms with van der Waals surface area (Å²) in [5.74, 6) is 0.418. The zero-order valence-electron chi connectivity index (χ0n) is 11.1. The second-order valence-electron chi connectivity index (χ2n) is 5.63. The van der Waals surface area contributed by atoms with Crippen LogP contribution in [0.5, 0.6) is 0 Å². The first-order valence-electron chi connectivity index (χ1n) is 6.65. The molecule has 19 heavy (non-hydrogen) atoms. The molecular formula is C13H18N4O2. The molecule has 0 radical (unpaired) electrons. The van der Waals surface area contributed by atoms with Crippen LogP contribution in [0.3, 0.4) is 0 Å². The number of rotatable bonds is 2. The molecule has 0 aromatic carbocycles. The lowest BCUT2D eigenvalue weighted by atomic mass is 9.84. The molecule has 2 amide bonds. The fourth-order valence-corrected chi connectivity index (χ4v) is 3.25. The Kier molecular flexibility index (Phi) is 2.62. The summed E-state index contributed by atoms with van der Waals surface area (Å²) in [4.78, 5) is 26.0. The topological polar surface area (TPSA) is 81.2 Å². The van der Waals surface area contributed by atoms with Crippen molar-refractivity contribution >= 4 is 17.6 Å². The minimum atomic E-state index is -0.409. The van der Waals surface area contributed by atoms with Gasteiger partial charge in [-0.3, -0.25) is 19.2 Å². The summed E-state index contributed by atoms with van der Waals surface area (Å²) in [7, 11) is 1.74. The summed E-state index contributed by atoms with van der Waals surface area (Å²) < 4.78 is 1.55. The zero-order chi connectivity index (χ0) is 13.6. The van der Waals surface area contributed by atoms with Crippen molar-refractivity contribution in [3.05, 3.63) is 11.8 Å². The largest absolute Gasteiger partial charge is 0.384 e. The first-order valence-corrected chi connectivity index (χ1v) is 6.65. The summed E-state index contributed by atoms with van der Waals surface area (Å²) in [5, 5.41) is 4.04. The van der Waals surface area contributed by atoms with Crippen LogP contribution in [-0.4, -0.2) is 26.5 Å². The molecule has 1 saturated heterocycles. The molecule has 2 fully saturated rings. The van der Waals surface area contributed by atoms with Gasteiger partial charge < -0.3 is 5.73 Å². The van der Waals surface area contributed by atoms with E-state index in [2.05, 4.69) is 5.10 Å². The highest BCUT2D eigenvalue weighted by atomic mass is 16.2. The number of anilines is 1. The van der Waals surface area contributed by atoms with Crippen molar-refractivity contribution < 1.29 is 9.59 Å². The molecule has 1 aliphatic carbocycles. The van der Waals surface area contributed by atoms with Crippen LogP contribution in [0.2, 0.25) is 0 Å². The Balaban J connectivity index is 1.84. The molecule has 0 unspecified atom stereocenters. The van der Waals surface area contributed by atoms with Gasteiger partial charge in [0.15, 0.2) is 0 Å². The SMILES string of the molecule is Cn1ncc(CN2C(=O)CC3(CCCC3)C2=O)c1N. The minimum absolute atomic E-state index is 0.0155. The van der Waals surface area contributed by atoms with Crippen molar-refractivity contribution in [1.29, 1.82) is 0 Å². The fourth-order valence-electron chi connectivity index (χ4n) is 3.25. The number of aromatic nitrogens is 2. The lowest BCUT2D eigenvalue weighted by Gasteiger charge is -2.20. The number of nitrogens with two attached hydrogens (primary N) is 1. The highest BCUT2D eigenvalue weighted by Gasteiger charge is 2.52. The molecule has 102 valence electrons. The molecule has 3 rings (SSSR count). The summed E-state index contributed by atoms with van der Waals surface area (Å²) in [6.45, 7) is 0.249. The number of likely N-dealkylation sites (tertiary alicyclic amines) is 1. The van der Waals surface area contributed by atoms with Gasteiger partial charge in [-0.25, -0.2) is 0 Å². The molecule has 1 aromatic heterocycles. The maximum Gasteiger partial charge on any atom is 0.236 e. The third-order valence-corrected chi connectivity index (χ3v) is 4.44. The van der Waals surface area contributed by atoms with Crippen LogP contribution in [0.15, 0.2) is 6.20 Å². The van der Waals surface area contributed by atoms with E-state index in [1.54, 1.807) is 17.9 Å². The van der Waals surface area contributed by atoms with Crippen molar-refractivity contribution in [2.45, 2.75) is 38.6 Å². The lowest BCUT2D eigenvalue weighted by Crippen LogP contribution is -2.34. The van der Waals surface area contributed by atoms with Gasteiger partial charge >= 0.3 is 0 Å². The summed E-state index contributed by atoms with van der Waals surface area (Å²) in [6, 6.07) is 0. The van der Waals surface area contributed by atoms with Crippen molar-refractivity contribution in [1.82, 2.24) is 14.7 Å². The summed E-state index contributed by atoms with van der Waals surface area (Å²) >= 11 is 0. The van der Waals surface area contributed by atoms with Gasteiger partial charge in [0, 0.05) is 19.0 Å². The van der Waals surface area contributed by atoms with Crippen LogP contribution in [0, 0.1) is 5.41 Å². The number of hydrogen-bond donors (Lipinski definition) is 1. The molecule has 0 bridgehead atoms. The maximum atomic E-state index is 12.5. The van der Waals surface area contributed by atoms with E-state index in [-0.39, 0.29) is 18.4 Å². The molecule has 2 heterocycles. The van der Waals surface area contributed by atoms with Crippen LogP contribution in [-0.2, 0) is 23.2 Å². The van der Waals surface area contributed by atoms with Gasteiger partial charge in [-0.2, -0.15) is 5.10 Å². The van der Waals surface area contributed by atoms with Gasteiger partial charge in [0.05, 0.1) is 18.2 Å². The number of hydrogen-bond acceptors (Lipinski definition) is 4. The molecule has 1 aliphatic heterocycles. The number of nitrogens with zero attached hydrogens (tertiary/aromatic N) is 3. The molecular weight excluding hydrogens is 244 g/mol. The standard InChI is InChI=1S/C13H18N4O2/c1-16-11(14)9(7-15-16)8-17-10(18)6-13(12(17)19)4-2-3-5-13/h7H,2-6,8,14H2,1H3. The van der Waals surface area contributed by atoms with Crippen molar-refractivity contribution in [3.8, 4) is 0 Å². The number of carbonyl (C=O) groups is 2. The maximum absolute atomic E-state index is 12.5. The third kappa shape index (κ3) is 1.74. The second kappa shape index (κ2) is 4.08. The van der Waals surface area contributed by atoms with E-state index >= 15 is 0 Å². The van der Waals surface area contributed by atoms with Crippen LogP contribution >= 0.6 is 0 Å². The summed E-state index contributed by atoms with van der Waals surface area (Å²) in [5.41, 5.74) is 6.19. The van der Waals surface area contributed by atoms with E-state index < -0.39 is 5.41 Å². The lowest BCUT2D eigenvalue weighted by molar-refractivity contribution is -0.142. The van der Waals surface area contributed by atoms with E-state index in [4.69, 9.17) is 5.73 Å². The molecule has 6 nitrogen and oxygen atoms in total. The highest BCUT2D eigenvalue weighted by Crippen LogP contribution is 2.47. The normalized spacial score (nSPS) is 21.8. The van der Waals surface area contributed by atoms with Gasteiger partial charge in [0.2, 0.25) is 11.8 Å². The predicted octanol–water partition coefficient (Wildman–Crippen LogP) is 0.822. The Morgan fingerprint density at radius 2 is 2.05 bits per heavy atom. The Bertz CT molecular complexity index is 543. The molecule has 1 spiro atoms. The zero-order valence-corrected chi connectivity index (χ0v) is 11.1. The van der Waals surface area contributed by atoms with Crippen molar-refractivity contribution in [2.24, 2.45) is 12.5 Å². The van der Waals surface area contributed by atoms with Gasteiger partial charge in [0.1, 0.15) is 5.82 Å². The highest BCUT2D eigenvalue weighted by molar-refractivity contribution is 6.06. The Hall–Kier alpha value is -1.85. The number of amides is 2. The van der Waals surface area contributed by atoms with Gasteiger partial charge in [0.25, 0.3) is 0 Å². The van der Waals surface area contributed by atoms with E-state index in [1.807, 2.05) is 0 Å². The molecule has 0 atom stereocenters. The number of nitrogen functional groups attached to an aromatic ring is 1. The van der Waals surface area contributed by atoms with Gasteiger partial charge in [-0.1, -0.05) is 12.8 Å². The van der Waals surface area contributed by atoms with Crippen LogP contribution in [0.4, 0.5) is 5.82 Å². The van der Waals surface area contributed by atoms with Crippen molar-refractivity contribution in [2.75, 3.05) is 5.73 Å². The van der Waals surface area contributed by atoms with Crippen molar-refractivity contribution in [3.63, 3.8) is 0 Å². The first-order chi connectivity index (χ1) is 9.03. The molecule has 2 N–H and O–H groups in total. The van der Waals surface area contributed by atoms with Gasteiger partial charge in [-0.05, 0) is 12.8 Å². The first kappa shape index (κ1) is 12.2. The average Bonchev–Trinajstić information content (AvgIpc) is 3.02. The number of aryl methyl sites for hydroxylation is 1. The van der Waals surface area contributed by atoms with E-state index in [0.717, 1.165) is 31.2 Å². The Labute approximate surface area is 111 Å². The molecule has 1 saturated carbocycles. The number of carbonyl (C=O) groups excluding carboxylic acids is 2. The van der Waals surface area contributed by atoms with Gasteiger partial charge in [-0.15, -0.1) is 0 Å². The smallest absolute Gasteiger partial charge is 0.236 e. The third-order valence-electron chi connectivity index (χ3n) is 4.44. The van der Waals surface area contributed by atoms with E-state index in [0.29, 0.717) is 12.2 Å². The predicted molar refractivity (Wildman–Crippen MR) is 68.7 cm³/mol. The second-order valence-corrected chi connectivity index (χ2v) is 5.63. The fraction of sp³-hybridized carbons (Fsp3) is 0.615. The molecule has 6 heteroatoms. The monoisotopic (exact) mass is 262 g/mol. The average molecular weight is 262 g/mol. The molecule has 1 aromatic rings.